The molecule has 0 bridgehead atoms. The summed E-state index contributed by atoms with van der Waals surface area (Å²) in [6.07, 6.45) is 0. The average Bonchev–Trinajstić information content (AvgIpc) is 2.46. The summed E-state index contributed by atoms with van der Waals surface area (Å²) in [7, 11) is -0.841. The molecule has 0 radical (unpaired) electrons. The van der Waals surface area contributed by atoms with E-state index < -0.39 is 27.6 Å². The predicted molar refractivity (Wildman–Crippen MR) is 80.1 cm³/mol. The maximum absolute atomic E-state index is 12.0. The van der Waals surface area contributed by atoms with Crippen molar-refractivity contribution in [2.45, 2.75) is 13.0 Å². The van der Waals surface area contributed by atoms with Gasteiger partial charge in [-0.15, -0.1) is 0 Å². The van der Waals surface area contributed by atoms with Crippen molar-refractivity contribution >= 4 is 15.8 Å². The van der Waals surface area contributed by atoms with Crippen molar-refractivity contribution in [2.24, 2.45) is 0 Å². The fourth-order valence-electron chi connectivity index (χ4n) is 1.93. The van der Waals surface area contributed by atoms with Gasteiger partial charge in [0.15, 0.2) is 9.84 Å². The van der Waals surface area contributed by atoms with E-state index in [4.69, 9.17) is 4.74 Å². The van der Waals surface area contributed by atoms with Gasteiger partial charge in [0.25, 0.3) is 0 Å². The maximum Gasteiger partial charge on any atom is 0.320 e. The van der Waals surface area contributed by atoms with E-state index >= 15 is 0 Å². The van der Waals surface area contributed by atoms with Crippen molar-refractivity contribution in [1.29, 1.82) is 0 Å². The first kappa shape index (κ1) is 17.5. The summed E-state index contributed by atoms with van der Waals surface area (Å²) in [5.41, 5.74) is 0.796. The van der Waals surface area contributed by atoms with Gasteiger partial charge in [-0.1, -0.05) is 19.1 Å². The van der Waals surface area contributed by atoms with Crippen LogP contribution in [0, 0.1) is 0 Å². The molecule has 0 aliphatic carbocycles. The third kappa shape index (κ3) is 5.73. The third-order valence-electron chi connectivity index (χ3n) is 2.93. The summed E-state index contributed by atoms with van der Waals surface area (Å²) in [6.45, 7) is 2.50. The Kier molecular flexibility index (Phi) is 6.64. The number of hydrogen-bond donors (Lipinski definition) is 1. The lowest BCUT2D eigenvalue weighted by Gasteiger charge is -2.18. The Morgan fingerprint density at radius 1 is 1.33 bits per heavy atom. The van der Waals surface area contributed by atoms with Gasteiger partial charge >= 0.3 is 5.97 Å². The average molecular weight is 315 g/mol. The molecule has 1 aromatic carbocycles. The van der Waals surface area contributed by atoms with Crippen molar-refractivity contribution < 1.29 is 22.7 Å². The lowest BCUT2D eigenvalue weighted by atomic mass is 10.1. The van der Waals surface area contributed by atoms with Crippen molar-refractivity contribution in [3.8, 4) is 5.75 Å². The van der Waals surface area contributed by atoms with E-state index in [-0.39, 0.29) is 5.75 Å². The minimum Gasteiger partial charge on any atom is -0.497 e. The van der Waals surface area contributed by atoms with Crippen LogP contribution in [0.5, 0.6) is 5.75 Å². The molecule has 1 unspecified atom stereocenters. The third-order valence-corrected chi connectivity index (χ3v) is 4.45. The molecule has 6 nitrogen and oxygen atoms in total. The van der Waals surface area contributed by atoms with Crippen molar-refractivity contribution in [3.63, 3.8) is 0 Å². The first-order valence-electron chi connectivity index (χ1n) is 6.56. The topological polar surface area (TPSA) is 81.7 Å². The monoisotopic (exact) mass is 315 g/mol. The minimum absolute atomic E-state index is 0.177. The van der Waals surface area contributed by atoms with Gasteiger partial charge < -0.3 is 14.8 Å². The smallest absolute Gasteiger partial charge is 0.320 e. The molecule has 0 heterocycles. The Hall–Kier alpha value is -1.60. The number of benzene rings is 1. The SMILES string of the molecule is CCNC(CS(=O)(=O)CC(=O)OC)c1cccc(OC)c1. The number of ether oxygens (including phenoxy) is 2. The molecule has 7 heteroatoms. The summed E-state index contributed by atoms with van der Waals surface area (Å²) in [4.78, 5) is 11.2. The van der Waals surface area contributed by atoms with E-state index in [9.17, 15) is 13.2 Å². The summed E-state index contributed by atoms with van der Waals surface area (Å²) in [6, 6.07) is 6.78. The van der Waals surface area contributed by atoms with Crippen LogP contribution in [0.2, 0.25) is 0 Å². The van der Waals surface area contributed by atoms with E-state index in [0.717, 1.165) is 5.56 Å². The molecule has 1 rings (SSSR count). The quantitative estimate of drug-likeness (QED) is 0.719. The van der Waals surface area contributed by atoms with Crippen molar-refractivity contribution in [3.05, 3.63) is 29.8 Å². The zero-order valence-corrected chi connectivity index (χ0v) is 13.3. The van der Waals surface area contributed by atoms with Gasteiger partial charge in [-0.05, 0) is 24.2 Å². The number of rotatable bonds is 8. The molecule has 0 aromatic heterocycles. The molecule has 0 saturated carbocycles. The van der Waals surface area contributed by atoms with Crippen molar-refractivity contribution in [2.75, 3.05) is 32.3 Å². The minimum atomic E-state index is -3.56. The van der Waals surface area contributed by atoms with Crippen LogP contribution in [0.3, 0.4) is 0 Å². The zero-order valence-electron chi connectivity index (χ0n) is 12.5. The van der Waals surface area contributed by atoms with Gasteiger partial charge in [-0.3, -0.25) is 4.79 Å². The summed E-state index contributed by atoms with van der Waals surface area (Å²) >= 11 is 0. The van der Waals surface area contributed by atoms with Crippen molar-refractivity contribution in [1.82, 2.24) is 5.32 Å². The van der Waals surface area contributed by atoms with E-state index in [1.54, 1.807) is 25.3 Å². The number of sulfone groups is 1. The summed E-state index contributed by atoms with van der Waals surface area (Å²) < 4.78 is 33.6. The number of hydrogen-bond acceptors (Lipinski definition) is 6. The Bertz CT molecular complexity index is 570. The molecule has 0 aliphatic rings. The second-order valence-electron chi connectivity index (χ2n) is 4.52. The normalized spacial score (nSPS) is 12.7. The van der Waals surface area contributed by atoms with Crippen LogP contribution in [-0.4, -0.2) is 46.7 Å². The number of nitrogens with one attached hydrogen (secondary N) is 1. The van der Waals surface area contributed by atoms with Gasteiger partial charge in [-0.25, -0.2) is 8.42 Å². The molecular weight excluding hydrogens is 294 g/mol. The predicted octanol–water partition coefficient (Wildman–Crippen LogP) is 0.934. The lowest BCUT2D eigenvalue weighted by molar-refractivity contribution is -0.137. The Balaban J connectivity index is 2.93. The molecule has 0 saturated heterocycles. The second kappa shape index (κ2) is 7.99. The molecule has 21 heavy (non-hydrogen) atoms. The molecule has 1 atom stereocenters. The van der Waals surface area contributed by atoms with E-state index in [1.165, 1.54) is 7.11 Å². The maximum atomic E-state index is 12.0. The molecule has 1 N–H and O–H groups in total. The van der Waals surface area contributed by atoms with Crippen LogP contribution in [-0.2, 0) is 19.4 Å². The molecule has 0 fully saturated rings. The van der Waals surface area contributed by atoms with Crippen LogP contribution in [0.1, 0.15) is 18.5 Å². The lowest BCUT2D eigenvalue weighted by Crippen LogP contribution is -2.31. The fourth-order valence-corrected chi connectivity index (χ4v) is 3.34. The molecule has 118 valence electrons. The zero-order chi connectivity index (χ0) is 15.9. The van der Waals surface area contributed by atoms with Crippen LogP contribution >= 0.6 is 0 Å². The molecule has 0 aliphatic heterocycles. The summed E-state index contributed by atoms with van der Waals surface area (Å²) in [5.74, 6) is -0.893. The second-order valence-corrected chi connectivity index (χ2v) is 6.63. The fraction of sp³-hybridized carbons (Fsp3) is 0.500. The van der Waals surface area contributed by atoms with Crippen LogP contribution in [0.25, 0.3) is 0 Å². The summed E-state index contributed by atoms with van der Waals surface area (Å²) in [5, 5.41) is 3.11. The van der Waals surface area contributed by atoms with E-state index in [0.29, 0.717) is 12.3 Å². The number of esters is 1. The number of carbonyl (C=O) groups excluding carboxylic acids is 1. The Morgan fingerprint density at radius 3 is 2.62 bits per heavy atom. The highest BCUT2D eigenvalue weighted by molar-refractivity contribution is 7.92. The number of methoxy groups -OCH3 is 2. The van der Waals surface area contributed by atoms with Gasteiger partial charge in [-0.2, -0.15) is 0 Å². The molecule has 0 spiro atoms. The highest BCUT2D eigenvalue weighted by Gasteiger charge is 2.23. The Morgan fingerprint density at radius 2 is 2.05 bits per heavy atom. The largest absolute Gasteiger partial charge is 0.497 e. The highest BCUT2D eigenvalue weighted by Crippen LogP contribution is 2.20. The number of carbonyl (C=O) groups is 1. The van der Waals surface area contributed by atoms with Crippen LogP contribution in [0.4, 0.5) is 0 Å². The van der Waals surface area contributed by atoms with Gasteiger partial charge in [0.2, 0.25) is 0 Å². The van der Waals surface area contributed by atoms with Gasteiger partial charge in [0.1, 0.15) is 11.5 Å². The highest BCUT2D eigenvalue weighted by atomic mass is 32.2. The standard InChI is InChI=1S/C14H21NO5S/c1-4-15-13(9-21(17,18)10-14(16)20-3)11-6-5-7-12(8-11)19-2/h5-8,13,15H,4,9-10H2,1-3H3. The van der Waals surface area contributed by atoms with Crippen LogP contribution < -0.4 is 10.1 Å². The van der Waals surface area contributed by atoms with Crippen LogP contribution in [0.15, 0.2) is 24.3 Å². The molecule has 1 aromatic rings. The van der Waals surface area contributed by atoms with E-state index in [2.05, 4.69) is 10.1 Å². The van der Waals surface area contributed by atoms with Gasteiger partial charge in [0, 0.05) is 6.04 Å². The first-order valence-corrected chi connectivity index (χ1v) is 8.38. The molecule has 0 amide bonds. The van der Waals surface area contributed by atoms with Gasteiger partial charge in [0.05, 0.1) is 20.0 Å². The van der Waals surface area contributed by atoms with E-state index in [1.807, 2.05) is 13.0 Å². The Labute approximate surface area is 125 Å². The molecular formula is C14H21NO5S. The first-order chi connectivity index (χ1) is 9.91.